The van der Waals surface area contributed by atoms with E-state index in [1.165, 1.54) is 0 Å². The lowest BCUT2D eigenvalue weighted by molar-refractivity contribution is -0.397. The molecule has 0 fully saturated rings. The third-order valence-electron chi connectivity index (χ3n) is 1.90. The Bertz CT molecular complexity index is 318. The first-order valence-electron chi connectivity index (χ1n) is 5.28. The maximum Gasteiger partial charge on any atom is 0.434 e. The molecule has 1 heterocycles. The van der Waals surface area contributed by atoms with Crippen molar-refractivity contribution in [1.82, 2.24) is 9.55 Å². The zero-order chi connectivity index (χ0) is 12.0. The van der Waals surface area contributed by atoms with Gasteiger partial charge in [0.15, 0.2) is 0 Å². The average molecular weight is 213 g/mol. The van der Waals surface area contributed by atoms with Gasteiger partial charge in [0.1, 0.15) is 11.9 Å². The molecule has 5 heteroatoms. The van der Waals surface area contributed by atoms with E-state index >= 15 is 0 Å². The molecule has 5 nitrogen and oxygen atoms in total. The summed E-state index contributed by atoms with van der Waals surface area (Å²) in [6.07, 6.45) is 2.33. The van der Waals surface area contributed by atoms with Crippen molar-refractivity contribution in [1.29, 1.82) is 0 Å². The van der Waals surface area contributed by atoms with Gasteiger partial charge in [0.25, 0.3) is 0 Å². The summed E-state index contributed by atoms with van der Waals surface area (Å²) in [5.74, 6) is -0.0631. The molecular formula is C10H19N3O2. The highest BCUT2D eigenvalue weighted by Crippen LogP contribution is 2.19. The highest BCUT2D eigenvalue weighted by Gasteiger charge is 2.21. The maximum atomic E-state index is 10.6. The van der Waals surface area contributed by atoms with Gasteiger partial charge < -0.3 is 10.1 Å². The van der Waals surface area contributed by atoms with Crippen LogP contribution in [-0.4, -0.2) is 14.5 Å². The van der Waals surface area contributed by atoms with Crippen LogP contribution in [0.1, 0.15) is 46.4 Å². The average Bonchev–Trinajstić information content (AvgIpc) is 2.64. The van der Waals surface area contributed by atoms with E-state index < -0.39 is 4.92 Å². The molecule has 0 aliphatic rings. The molecule has 0 radical (unpaired) electrons. The third-order valence-corrected chi connectivity index (χ3v) is 1.90. The highest BCUT2D eigenvalue weighted by molar-refractivity contribution is 5.16. The minimum absolute atomic E-state index is 0.0631. The summed E-state index contributed by atoms with van der Waals surface area (Å²) >= 11 is 0. The first-order chi connectivity index (χ1) is 7.07. The van der Waals surface area contributed by atoms with Crippen LogP contribution in [0.15, 0.2) is 6.20 Å². The number of aromatic nitrogens is 2. The lowest BCUT2D eigenvalue weighted by Crippen LogP contribution is -2.08. The van der Waals surface area contributed by atoms with Crippen LogP contribution in [-0.2, 0) is 6.42 Å². The van der Waals surface area contributed by atoms with Crippen molar-refractivity contribution < 1.29 is 4.92 Å². The number of imidazole rings is 1. The van der Waals surface area contributed by atoms with Crippen molar-refractivity contribution in [2.75, 3.05) is 0 Å². The zero-order valence-corrected chi connectivity index (χ0v) is 10.0. The van der Waals surface area contributed by atoms with Gasteiger partial charge in [-0.2, -0.15) is 0 Å². The summed E-state index contributed by atoms with van der Waals surface area (Å²) in [5, 5.41) is 10.6. The van der Waals surface area contributed by atoms with Crippen LogP contribution in [0.5, 0.6) is 0 Å². The molecular weight excluding hydrogens is 194 g/mol. The monoisotopic (exact) mass is 213 g/mol. The smallest absolute Gasteiger partial charge is 0.390 e. The van der Waals surface area contributed by atoms with Gasteiger partial charge in [0, 0.05) is 6.42 Å². The molecule has 0 amide bonds. The van der Waals surface area contributed by atoms with Crippen molar-refractivity contribution in [3.63, 3.8) is 0 Å². The van der Waals surface area contributed by atoms with E-state index in [-0.39, 0.29) is 12.0 Å². The normalized spacial score (nSPS) is 9.73. The van der Waals surface area contributed by atoms with Crippen LogP contribution >= 0.6 is 0 Å². The molecule has 0 aliphatic carbocycles. The lowest BCUT2D eigenvalue weighted by atomic mass is 10.3. The largest absolute Gasteiger partial charge is 0.434 e. The fourth-order valence-corrected chi connectivity index (χ4v) is 1.34. The van der Waals surface area contributed by atoms with Gasteiger partial charge in [0.2, 0.25) is 0 Å². The molecule has 86 valence electrons. The van der Waals surface area contributed by atoms with E-state index in [2.05, 4.69) is 4.98 Å². The Morgan fingerprint density at radius 2 is 2.07 bits per heavy atom. The molecule has 0 bridgehead atoms. The Morgan fingerprint density at radius 3 is 2.40 bits per heavy atom. The quantitative estimate of drug-likeness (QED) is 0.572. The maximum absolute atomic E-state index is 10.6. The van der Waals surface area contributed by atoms with Crippen molar-refractivity contribution in [3.8, 4) is 0 Å². The Labute approximate surface area is 90.3 Å². The number of rotatable bonds is 3. The van der Waals surface area contributed by atoms with E-state index in [0.29, 0.717) is 0 Å². The van der Waals surface area contributed by atoms with Gasteiger partial charge in [-0.3, -0.25) is 0 Å². The van der Waals surface area contributed by atoms with E-state index in [9.17, 15) is 10.1 Å². The molecule has 1 aromatic heterocycles. The summed E-state index contributed by atoms with van der Waals surface area (Å²) in [6, 6.07) is 0.0813. The van der Waals surface area contributed by atoms with Crippen LogP contribution in [0.2, 0.25) is 0 Å². The summed E-state index contributed by atoms with van der Waals surface area (Å²) in [5.41, 5.74) is 0.904. The van der Waals surface area contributed by atoms with Crippen molar-refractivity contribution in [2.24, 2.45) is 0 Å². The van der Waals surface area contributed by atoms with E-state index in [1.54, 1.807) is 10.8 Å². The molecule has 15 heavy (non-hydrogen) atoms. The van der Waals surface area contributed by atoms with Crippen molar-refractivity contribution in [3.05, 3.63) is 22.0 Å². The molecule has 0 aliphatic heterocycles. The minimum Gasteiger partial charge on any atom is -0.390 e. The Kier molecular flexibility index (Phi) is 5.59. The number of hydrogen-bond acceptors (Lipinski definition) is 3. The predicted molar refractivity (Wildman–Crippen MR) is 60.0 cm³/mol. The standard InChI is InChI=1S/C8H13N3O2.C2H6/c1-4-7-5-9-8(11(12)13)10(7)6(2)3;1-2/h5-6H,4H2,1-3H3;1-2H3. The molecule has 0 saturated heterocycles. The molecule has 0 unspecified atom stereocenters. The molecule has 0 atom stereocenters. The van der Waals surface area contributed by atoms with Gasteiger partial charge in [-0.15, -0.1) is 0 Å². The van der Waals surface area contributed by atoms with Crippen LogP contribution in [0.3, 0.4) is 0 Å². The number of nitrogens with zero attached hydrogens (tertiary/aromatic N) is 3. The predicted octanol–water partition coefficient (Wildman–Crippen LogP) is 2.96. The van der Waals surface area contributed by atoms with Crippen LogP contribution in [0, 0.1) is 10.1 Å². The Hall–Kier alpha value is -1.39. The van der Waals surface area contributed by atoms with E-state index in [1.807, 2.05) is 34.6 Å². The van der Waals surface area contributed by atoms with Gasteiger partial charge in [-0.05, 0) is 18.8 Å². The van der Waals surface area contributed by atoms with E-state index in [0.717, 1.165) is 12.1 Å². The third kappa shape index (κ3) is 3.04. The van der Waals surface area contributed by atoms with Crippen LogP contribution < -0.4 is 0 Å². The number of aryl methyl sites for hydroxylation is 1. The SMILES string of the molecule is CC.CCc1cnc([N+](=O)[O-])n1C(C)C. The van der Waals surface area contributed by atoms with Crippen molar-refractivity contribution >= 4 is 5.95 Å². The van der Waals surface area contributed by atoms with Gasteiger partial charge in [0.05, 0.1) is 6.04 Å². The Morgan fingerprint density at radius 1 is 1.53 bits per heavy atom. The molecule has 1 aromatic rings. The highest BCUT2D eigenvalue weighted by atomic mass is 16.6. The second kappa shape index (κ2) is 6.16. The molecule has 0 spiro atoms. The Balaban J connectivity index is 0.000000921. The van der Waals surface area contributed by atoms with Crippen molar-refractivity contribution in [2.45, 2.75) is 47.1 Å². The lowest BCUT2D eigenvalue weighted by Gasteiger charge is -2.07. The van der Waals surface area contributed by atoms with Crippen LogP contribution in [0.25, 0.3) is 0 Å². The molecule has 1 rings (SSSR count). The second-order valence-electron chi connectivity index (χ2n) is 3.12. The number of nitro groups is 1. The topological polar surface area (TPSA) is 61.0 Å². The van der Waals surface area contributed by atoms with Gasteiger partial charge in [-0.1, -0.05) is 25.8 Å². The van der Waals surface area contributed by atoms with E-state index in [4.69, 9.17) is 0 Å². The minimum atomic E-state index is -0.445. The molecule has 0 aromatic carbocycles. The first-order valence-corrected chi connectivity index (χ1v) is 5.28. The van der Waals surface area contributed by atoms with Gasteiger partial charge >= 0.3 is 5.95 Å². The fourth-order valence-electron chi connectivity index (χ4n) is 1.34. The van der Waals surface area contributed by atoms with Crippen LogP contribution in [0.4, 0.5) is 5.95 Å². The molecule has 0 saturated carbocycles. The van der Waals surface area contributed by atoms with Gasteiger partial charge in [-0.25, -0.2) is 4.57 Å². The fraction of sp³-hybridized carbons (Fsp3) is 0.700. The number of hydrogen-bond donors (Lipinski definition) is 0. The molecule has 0 N–H and O–H groups in total. The summed E-state index contributed by atoms with van der Waals surface area (Å²) in [4.78, 5) is 13.9. The first kappa shape index (κ1) is 13.6. The summed E-state index contributed by atoms with van der Waals surface area (Å²) in [6.45, 7) is 9.78. The second-order valence-corrected chi connectivity index (χ2v) is 3.12. The summed E-state index contributed by atoms with van der Waals surface area (Å²) in [7, 11) is 0. The zero-order valence-electron chi connectivity index (χ0n) is 10.0. The summed E-state index contributed by atoms with van der Waals surface area (Å²) < 4.78 is 1.65.